The van der Waals surface area contributed by atoms with E-state index in [1.807, 2.05) is 31.2 Å². The molecule has 0 aromatic heterocycles. The lowest BCUT2D eigenvalue weighted by atomic mass is 10.1. The summed E-state index contributed by atoms with van der Waals surface area (Å²) in [5, 5.41) is 14.9. The highest BCUT2D eigenvalue weighted by molar-refractivity contribution is 6.35. The summed E-state index contributed by atoms with van der Waals surface area (Å²) < 4.78 is 5.51. The summed E-state index contributed by atoms with van der Waals surface area (Å²) in [5.74, 6) is 0.501. The smallest absolute Gasteiger partial charge is 0.138 e. The Balaban J connectivity index is 1.78. The molecule has 0 aliphatic heterocycles. The number of aliphatic hydroxyl groups excluding tert-OH is 1. The highest BCUT2D eigenvalue weighted by Crippen LogP contribution is 2.27. The van der Waals surface area contributed by atoms with E-state index in [2.05, 4.69) is 5.32 Å². The van der Waals surface area contributed by atoms with Crippen LogP contribution in [0.5, 0.6) is 5.75 Å². The molecule has 0 aliphatic carbocycles. The number of ether oxygens (including phenoxy) is 1. The zero-order valence-electron chi connectivity index (χ0n) is 12.6. The number of benzene rings is 2. The highest BCUT2D eigenvalue weighted by atomic mass is 35.5. The second-order valence-corrected chi connectivity index (χ2v) is 6.50. The zero-order chi connectivity index (χ0) is 16.8. The first-order valence-electron chi connectivity index (χ1n) is 7.20. The molecule has 2 aromatic carbocycles. The van der Waals surface area contributed by atoms with Crippen LogP contribution >= 0.6 is 34.8 Å². The van der Waals surface area contributed by atoms with Gasteiger partial charge in [-0.15, -0.1) is 0 Å². The van der Waals surface area contributed by atoms with Crippen molar-refractivity contribution >= 4 is 34.8 Å². The van der Waals surface area contributed by atoms with Crippen LogP contribution in [0.1, 0.15) is 18.5 Å². The van der Waals surface area contributed by atoms with Gasteiger partial charge in [0, 0.05) is 22.6 Å². The van der Waals surface area contributed by atoms with Gasteiger partial charge in [-0.3, -0.25) is 0 Å². The van der Waals surface area contributed by atoms with E-state index >= 15 is 0 Å². The second-order valence-electron chi connectivity index (χ2n) is 5.22. The number of rotatable bonds is 7. The van der Waals surface area contributed by atoms with Gasteiger partial charge < -0.3 is 15.2 Å². The van der Waals surface area contributed by atoms with Crippen LogP contribution in [0.25, 0.3) is 0 Å². The zero-order valence-corrected chi connectivity index (χ0v) is 14.9. The molecule has 0 aliphatic rings. The molecule has 2 atom stereocenters. The van der Waals surface area contributed by atoms with Gasteiger partial charge in [-0.2, -0.15) is 0 Å². The predicted octanol–water partition coefficient (Wildman–Crippen LogP) is 4.74. The van der Waals surface area contributed by atoms with Crippen molar-refractivity contribution in [1.82, 2.24) is 5.32 Å². The van der Waals surface area contributed by atoms with Crippen molar-refractivity contribution in [3.63, 3.8) is 0 Å². The van der Waals surface area contributed by atoms with E-state index in [1.54, 1.807) is 18.2 Å². The van der Waals surface area contributed by atoms with Gasteiger partial charge in [0.1, 0.15) is 18.5 Å². The lowest BCUT2D eigenvalue weighted by molar-refractivity contribution is 0.104. The minimum absolute atomic E-state index is 0.0982. The van der Waals surface area contributed by atoms with Crippen LogP contribution in [0.4, 0.5) is 0 Å². The Morgan fingerprint density at radius 1 is 1.04 bits per heavy atom. The Bertz CT molecular complexity index is 634. The third kappa shape index (κ3) is 5.87. The fourth-order valence-electron chi connectivity index (χ4n) is 2.02. The van der Waals surface area contributed by atoms with E-state index < -0.39 is 6.10 Å². The van der Waals surface area contributed by atoms with Crippen LogP contribution < -0.4 is 10.1 Å². The molecule has 0 spiro atoms. The van der Waals surface area contributed by atoms with Crippen LogP contribution in [-0.4, -0.2) is 24.4 Å². The lowest BCUT2D eigenvalue weighted by Gasteiger charge is -2.18. The number of halogens is 3. The number of nitrogens with one attached hydrogen (secondary N) is 1. The van der Waals surface area contributed by atoms with E-state index in [0.717, 1.165) is 5.56 Å². The van der Waals surface area contributed by atoms with Crippen molar-refractivity contribution in [2.75, 3.05) is 13.2 Å². The SMILES string of the molecule is CC(NCC(O)COc1ccc(Cl)cc1Cl)c1ccc(Cl)cc1. The lowest BCUT2D eigenvalue weighted by Crippen LogP contribution is -2.33. The van der Waals surface area contributed by atoms with Gasteiger partial charge in [-0.25, -0.2) is 0 Å². The maximum Gasteiger partial charge on any atom is 0.138 e. The van der Waals surface area contributed by atoms with Gasteiger partial charge in [-0.1, -0.05) is 46.9 Å². The van der Waals surface area contributed by atoms with Crippen molar-refractivity contribution in [2.45, 2.75) is 19.1 Å². The van der Waals surface area contributed by atoms with E-state index in [1.165, 1.54) is 0 Å². The maximum absolute atomic E-state index is 10.0. The molecule has 0 fully saturated rings. The van der Waals surface area contributed by atoms with Gasteiger partial charge in [0.05, 0.1) is 5.02 Å². The summed E-state index contributed by atoms with van der Waals surface area (Å²) in [6.07, 6.45) is -0.656. The summed E-state index contributed by atoms with van der Waals surface area (Å²) in [5.41, 5.74) is 1.10. The van der Waals surface area contributed by atoms with Crippen molar-refractivity contribution in [3.8, 4) is 5.75 Å². The molecule has 0 saturated carbocycles. The fourth-order valence-corrected chi connectivity index (χ4v) is 2.61. The summed E-state index contributed by atoms with van der Waals surface area (Å²) in [4.78, 5) is 0. The Morgan fingerprint density at radius 3 is 2.35 bits per heavy atom. The summed E-state index contributed by atoms with van der Waals surface area (Å²) in [6.45, 7) is 2.56. The largest absolute Gasteiger partial charge is 0.489 e. The molecule has 3 nitrogen and oxygen atoms in total. The molecule has 0 radical (unpaired) electrons. The Morgan fingerprint density at radius 2 is 1.70 bits per heavy atom. The summed E-state index contributed by atoms with van der Waals surface area (Å²) in [6, 6.07) is 12.7. The van der Waals surface area contributed by atoms with Crippen LogP contribution in [0.2, 0.25) is 15.1 Å². The maximum atomic E-state index is 10.0. The van der Waals surface area contributed by atoms with Crippen molar-refractivity contribution in [2.24, 2.45) is 0 Å². The highest BCUT2D eigenvalue weighted by Gasteiger charge is 2.11. The van der Waals surface area contributed by atoms with E-state index in [9.17, 15) is 5.11 Å². The molecule has 0 bridgehead atoms. The van der Waals surface area contributed by atoms with Crippen molar-refractivity contribution in [1.29, 1.82) is 0 Å². The molecule has 124 valence electrons. The molecule has 2 rings (SSSR count). The van der Waals surface area contributed by atoms with E-state index in [4.69, 9.17) is 39.5 Å². The fraction of sp³-hybridized carbons (Fsp3) is 0.294. The number of hydrogen-bond acceptors (Lipinski definition) is 3. The van der Waals surface area contributed by atoms with Gasteiger partial charge in [0.15, 0.2) is 0 Å². The third-order valence-corrected chi connectivity index (χ3v) is 4.14. The minimum Gasteiger partial charge on any atom is -0.489 e. The number of hydrogen-bond donors (Lipinski definition) is 2. The van der Waals surface area contributed by atoms with Gasteiger partial charge in [0.2, 0.25) is 0 Å². The molecular weight excluding hydrogens is 357 g/mol. The van der Waals surface area contributed by atoms with Gasteiger partial charge in [0.25, 0.3) is 0 Å². The van der Waals surface area contributed by atoms with Gasteiger partial charge >= 0.3 is 0 Å². The van der Waals surface area contributed by atoms with Crippen LogP contribution in [-0.2, 0) is 0 Å². The Labute approximate surface area is 151 Å². The topological polar surface area (TPSA) is 41.5 Å². The van der Waals surface area contributed by atoms with E-state index in [0.29, 0.717) is 27.4 Å². The van der Waals surface area contributed by atoms with Crippen LogP contribution in [0.15, 0.2) is 42.5 Å². The quantitative estimate of drug-likeness (QED) is 0.735. The Hall–Kier alpha value is -0.970. The Kier molecular flexibility index (Phi) is 7.00. The first-order chi connectivity index (χ1) is 11.0. The second kappa shape index (κ2) is 8.76. The van der Waals surface area contributed by atoms with Crippen molar-refractivity contribution in [3.05, 3.63) is 63.1 Å². The predicted molar refractivity (Wildman–Crippen MR) is 95.8 cm³/mol. The molecule has 23 heavy (non-hydrogen) atoms. The minimum atomic E-state index is -0.656. The summed E-state index contributed by atoms with van der Waals surface area (Å²) >= 11 is 17.7. The monoisotopic (exact) mass is 373 g/mol. The van der Waals surface area contributed by atoms with Gasteiger partial charge in [-0.05, 0) is 42.8 Å². The molecule has 6 heteroatoms. The molecule has 0 amide bonds. The molecule has 2 aromatic rings. The third-order valence-electron chi connectivity index (χ3n) is 3.35. The van der Waals surface area contributed by atoms with E-state index in [-0.39, 0.29) is 12.6 Å². The molecule has 0 saturated heterocycles. The molecular formula is C17H18Cl3NO2. The summed E-state index contributed by atoms with van der Waals surface area (Å²) in [7, 11) is 0. The standard InChI is InChI=1S/C17H18Cl3NO2/c1-11(12-2-4-13(18)5-3-12)21-9-15(22)10-23-17-7-6-14(19)8-16(17)20/h2-8,11,15,21-22H,9-10H2,1H3. The normalized spacial score (nSPS) is 13.6. The van der Waals surface area contributed by atoms with Crippen molar-refractivity contribution < 1.29 is 9.84 Å². The molecule has 2 unspecified atom stereocenters. The first kappa shape index (κ1) is 18.4. The average Bonchev–Trinajstić information content (AvgIpc) is 2.52. The first-order valence-corrected chi connectivity index (χ1v) is 8.34. The average molecular weight is 375 g/mol. The van der Waals surface area contributed by atoms with Crippen LogP contribution in [0.3, 0.4) is 0 Å². The molecule has 0 heterocycles. The molecule has 2 N–H and O–H groups in total. The number of aliphatic hydroxyl groups is 1. The van der Waals surface area contributed by atoms with Crippen LogP contribution in [0, 0.1) is 0 Å².